The van der Waals surface area contributed by atoms with E-state index < -0.39 is 5.60 Å². The molecule has 0 spiro atoms. The zero-order valence-corrected chi connectivity index (χ0v) is 18.4. The maximum absolute atomic E-state index is 12.4. The molecule has 2 fully saturated rings. The van der Waals surface area contributed by atoms with Gasteiger partial charge in [0.25, 0.3) is 0 Å². The minimum Gasteiger partial charge on any atom is -0.444 e. The van der Waals surface area contributed by atoms with E-state index >= 15 is 0 Å². The molecule has 29 heavy (non-hydrogen) atoms. The van der Waals surface area contributed by atoms with Gasteiger partial charge in [0, 0.05) is 61.4 Å². The topological polar surface area (TPSA) is 48.9 Å². The van der Waals surface area contributed by atoms with Gasteiger partial charge in [0.2, 0.25) is 0 Å². The predicted octanol–water partition coefficient (Wildman–Crippen LogP) is 4.54. The molecule has 2 heterocycles. The average molecular weight is 417 g/mol. The lowest BCUT2D eigenvalue weighted by Gasteiger charge is -2.37. The van der Waals surface area contributed by atoms with Crippen LogP contribution in [0.25, 0.3) is 10.9 Å². The number of carbonyl (C=O) groups is 1. The van der Waals surface area contributed by atoms with Crippen LogP contribution in [0.5, 0.6) is 0 Å². The van der Waals surface area contributed by atoms with Crippen molar-refractivity contribution in [3.05, 3.63) is 29.3 Å². The second kappa shape index (κ2) is 7.56. The first kappa shape index (κ1) is 20.1. The van der Waals surface area contributed by atoms with Crippen molar-refractivity contribution in [3.63, 3.8) is 0 Å². The monoisotopic (exact) mass is 416 g/mol. The van der Waals surface area contributed by atoms with E-state index in [-0.39, 0.29) is 6.09 Å². The minimum atomic E-state index is -0.475. The highest BCUT2D eigenvalue weighted by Crippen LogP contribution is 2.35. The molecule has 1 saturated heterocycles. The molecule has 0 N–H and O–H groups in total. The number of nitrogens with zero attached hydrogens (tertiary/aromatic N) is 4. The van der Waals surface area contributed by atoms with E-state index in [2.05, 4.69) is 22.9 Å². The van der Waals surface area contributed by atoms with Crippen LogP contribution in [0.4, 0.5) is 16.3 Å². The molecule has 4 rings (SSSR count). The number of benzene rings is 1. The molecule has 1 aromatic heterocycles. The van der Waals surface area contributed by atoms with E-state index in [0.717, 1.165) is 35.5 Å². The molecule has 156 valence electrons. The van der Waals surface area contributed by atoms with Gasteiger partial charge in [-0.3, -0.25) is 0 Å². The Kier molecular flexibility index (Phi) is 5.23. The quantitative estimate of drug-likeness (QED) is 0.734. The molecule has 1 aliphatic carbocycles. The standard InChI is InChI=1S/C22H29ClN4O2/c1-22(2,3)29-21(28)27-11-9-26(10-12-27)19-14-20(25(4)16-6-7-16)24-18-13-15(23)5-8-17(18)19/h5,8,13-14,16H,6-7,9-12H2,1-4H3. The number of hydrogen-bond donors (Lipinski definition) is 0. The third-order valence-electron chi connectivity index (χ3n) is 5.46. The van der Waals surface area contributed by atoms with Crippen LogP contribution >= 0.6 is 11.6 Å². The SMILES string of the molecule is CN(c1cc(N2CCN(C(=O)OC(C)(C)C)CC2)c2ccc(Cl)cc2n1)C1CC1. The summed E-state index contributed by atoms with van der Waals surface area (Å²) in [6.45, 7) is 8.48. The predicted molar refractivity (Wildman–Crippen MR) is 118 cm³/mol. The Bertz CT molecular complexity index is 915. The number of pyridine rings is 1. The summed E-state index contributed by atoms with van der Waals surface area (Å²) in [5, 5.41) is 1.78. The molecule has 2 aromatic rings. The number of anilines is 2. The summed E-state index contributed by atoms with van der Waals surface area (Å²) in [6, 6.07) is 8.65. The van der Waals surface area contributed by atoms with E-state index in [1.54, 1.807) is 4.90 Å². The Morgan fingerprint density at radius 2 is 1.86 bits per heavy atom. The number of fused-ring (bicyclic) bond motifs is 1. The maximum atomic E-state index is 12.4. The molecular weight excluding hydrogens is 388 g/mol. The lowest BCUT2D eigenvalue weighted by atomic mass is 10.1. The summed E-state index contributed by atoms with van der Waals surface area (Å²) >= 11 is 6.25. The first-order chi connectivity index (χ1) is 13.7. The van der Waals surface area contributed by atoms with Gasteiger partial charge < -0.3 is 19.4 Å². The summed E-state index contributed by atoms with van der Waals surface area (Å²) in [7, 11) is 2.11. The molecule has 7 heteroatoms. The molecule has 1 amide bonds. The maximum Gasteiger partial charge on any atom is 0.410 e. The van der Waals surface area contributed by atoms with E-state index in [9.17, 15) is 4.79 Å². The van der Waals surface area contributed by atoms with Crippen molar-refractivity contribution in [2.24, 2.45) is 0 Å². The van der Waals surface area contributed by atoms with Gasteiger partial charge in [-0.25, -0.2) is 9.78 Å². The largest absolute Gasteiger partial charge is 0.444 e. The molecule has 1 aromatic carbocycles. The van der Waals surface area contributed by atoms with Gasteiger partial charge in [-0.15, -0.1) is 0 Å². The van der Waals surface area contributed by atoms with Crippen molar-refractivity contribution in [2.75, 3.05) is 43.0 Å². The van der Waals surface area contributed by atoms with Crippen LogP contribution < -0.4 is 9.80 Å². The third-order valence-corrected chi connectivity index (χ3v) is 5.70. The first-order valence-corrected chi connectivity index (χ1v) is 10.6. The van der Waals surface area contributed by atoms with Crippen LogP contribution in [0.15, 0.2) is 24.3 Å². The van der Waals surface area contributed by atoms with Gasteiger partial charge in [0.05, 0.1) is 5.52 Å². The third kappa shape index (κ3) is 4.53. The molecule has 0 bridgehead atoms. The summed E-state index contributed by atoms with van der Waals surface area (Å²) in [6.07, 6.45) is 2.20. The van der Waals surface area contributed by atoms with Crippen LogP contribution in [-0.4, -0.2) is 60.8 Å². The first-order valence-electron chi connectivity index (χ1n) is 10.3. The van der Waals surface area contributed by atoms with E-state index in [1.807, 2.05) is 39.0 Å². The van der Waals surface area contributed by atoms with Gasteiger partial charge in [-0.05, 0) is 51.8 Å². The summed E-state index contributed by atoms with van der Waals surface area (Å²) in [4.78, 5) is 23.6. The molecular formula is C22H29ClN4O2. The van der Waals surface area contributed by atoms with E-state index in [4.69, 9.17) is 21.3 Å². The molecule has 1 aliphatic heterocycles. The highest BCUT2D eigenvalue weighted by molar-refractivity contribution is 6.31. The Labute approximate surface area is 177 Å². The van der Waals surface area contributed by atoms with Crippen molar-refractivity contribution in [1.29, 1.82) is 0 Å². The van der Waals surface area contributed by atoms with E-state index in [0.29, 0.717) is 24.2 Å². The second-order valence-electron chi connectivity index (χ2n) is 8.96. The number of amides is 1. The zero-order chi connectivity index (χ0) is 20.8. The Morgan fingerprint density at radius 3 is 2.48 bits per heavy atom. The average Bonchev–Trinajstić information content (AvgIpc) is 3.50. The Morgan fingerprint density at radius 1 is 1.17 bits per heavy atom. The number of halogens is 1. The number of hydrogen-bond acceptors (Lipinski definition) is 5. The highest BCUT2D eigenvalue weighted by atomic mass is 35.5. The molecule has 0 unspecified atom stereocenters. The molecule has 2 aliphatic rings. The minimum absolute atomic E-state index is 0.238. The van der Waals surface area contributed by atoms with Crippen LogP contribution in [0.2, 0.25) is 5.02 Å². The zero-order valence-electron chi connectivity index (χ0n) is 17.6. The number of aromatic nitrogens is 1. The summed E-state index contributed by atoms with van der Waals surface area (Å²) < 4.78 is 5.52. The van der Waals surface area contributed by atoms with Crippen LogP contribution in [0.3, 0.4) is 0 Å². The number of rotatable bonds is 3. The Balaban J connectivity index is 1.58. The van der Waals surface area contributed by atoms with Crippen molar-refractivity contribution < 1.29 is 9.53 Å². The van der Waals surface area contributed by atoms with Crippen molar-refractivity contribution in [1.82, 2.24) is 9.88 Å². The van der Waals surface area contributed by atoms with Crippen molar-refractivity contribution in [3.8, 4) is 0 Å². The number of piperazine rings is 1. The van der Waals surface area contributed by atoms with Gasteiger partial charge in [-0.1, -0.05) is 11.6 Å². The fourth-order valence-electron chi connectivity index (χ4n) is 3.72. The summed E-state index contributed by atoms with van der Waals surface area (Å²) in [5.74, 6) is 0.979. The molecule has 6 nitrogen and oxygen atoms in total. The van der Waals surface area contributed by atoms with Gasteiger partial charge in [-0.2, -0.15) is 0 Å². The lowest BCUT2D eigenvalue weighted by molar-refractivity contribution is 0.0240. The van der Waals surface area contributed by atoms with Crippen LogP contribution in [-0.2, 0) is 4.74 Å². The number of ether oxygens (including phenoxy) is 1. The molecule has 0 radical (unpaired) electrons. The van der Waals surface area contributed by atoms with Crippen molar-refractivity contribution in [2.45, 2.75) is 45.3 Å². The fourth-order valence-corrected chi connectivity index (χ4v) is 3.88. The smallest absolute Gasteiger partial charge is 0.410 e. The fraction of sp³-hybridized carbons (Fsp3) is 0.545. The number of carbonyl (C=O) groups excluding carboxylic acids is 1. The van der Waals surface area contributed by atoms with Gasteiger partial charge >= 0.3 is 6.09 Å². The van der Waals surface area contributed by atoms with Gasteiger partial charge in [0.1, 0.15) is 11.4 Å². The Hall–Kier alpha value is -2.21. The summed E-state index contributed by atoms with van der Waals surface area (Å²) in [5.41, 5.74) is 1.59. The second-order valence-corrected chi connectivity index (χ2v) is 9.39. The lowest BCUT2D eigenvalue weighted by Crippen LogP contribution is -2.50. The van der Waals surface area contributed by atoms with Crippen molar-refractivity contribution >= 4 is 40.1 Å². The highest BCUT2D eigenvalue weighted by Gasteiger charge is 2.29. The van der Waals surface area contributed by atoms with Crippen LogP contribution in [0, 0.1) is 0 Å². The van der Waals surface area contributed by atoms with E-state index in [1.165, 1.54) is 12.8 Å². The normalized spacial score (nSPS) is 17.6. The van der Waals surface area contributed by atoms with Crippen LogP contribution in [0.1, 0.15) is 33.6 Å². The van der Waals surface area contributed by atoms with Gasteiger partial charge in [0.15, 0.2) is 0 Å². The molecule has 1 saturated carbocycles. The molecule has 0 atom stereocenters.